The molecule has 0 atom stereocenters. The van der Waals surface area contributed by atoms with Crippen LogP contribution in [0.3, 0.4) is 0 Å². The van der Waals surface area contributed by atoms with Crippen molar-refractivity contribution in [1.29, 1.82) is 21.0 Å². The van der Waals surface area contributed by atoms with E-state index in [4.69, 9.17) is 23.7 Å². The van der Waals surface area contributed by atoms with Crippen molar-refractivity contribution >= 4 is 56.7 Å². The summed E-state index contributed by atoms with van der Waals surface area (Å²) in [5.41, 5.74) is -2.87. The first-order valence-electron chi connectivity index (χ1n) is 33.0. The van der Waals surface area contributed by atoms with E-state index in [2.05, 4.69) is 286 Å². The number of nitrogens with zero attached hydrogens (tertiary/aromatic N) is 8. The van der Waals surface area contributed by atoms with Gasteiger partial charge in [-0.2, -0.15) is 21.0 Å². The summed E-state index contributed by atoms with van der Waals surface area (Å²) in [4.78, 5) is 9.51. The van der Waals surface area contributed by atoms with Gasteiger partial charge in [-0.15, -0.1) is 0 Å². The number of nitriles is 4. The highest BCUT2D eigenvalue weighted by Crippen LogP contribution is 2.58. The molecule has 1 saturated carbocycles. The lowest BCUT2D eigenvalue weighted by atomic mass is 9.99. The van der Waals surface area contributed by atoms with E-state index >= 15 is 26.3 Å². The van der Waals surface area contributed by atoms with Gasteiger partial charge >= 0.3 is 0 Å². The van der Waals surface area contributed by atoms with Crippen molar-refractivity contribution < 1.29 is 52.7 Å². The van der Waals surface area contributed by atoms with E-state index in [9.17, 15) is 36.9 Å². The molecule has 8 nitrogen and oxygen atoms in total. The molecule has 1 fully saturated rings. The van der Waals surface area contributed by atoms with Gasteiger partial charge in [-0.3, -0.25) is 0 Å². The zero-order valence-corrected chi connectivity index (χ0v) is 56.5. The molecule has 0 N–H and O–H groups in total. The van der Waals surface area contributed by atoms with E-state index in [0.717, 1.165) is 69.5 Å². The normalized spacial score (nSPS) is 12.6. The van der Waals surface area contributed by atoms with Gasteiger partial charge in [0.15, 0.2) is 69.8 Å². The second-order valence-electron chi connectivity index (χ2n) is 24.3. The zero-order valence-electron chi connectivity index (χ0n) is 56.5. The SMILES string of the molecule is [C-]#[N+]C(=C1C(=C(C#N)c2c(F)c(F)c(C#N)c(F)c2F)C1=C(C#N)c1c(F)c(F)c([N+]#[C-])c(F)c1F)c1c(F)c(F)c(C#N)c(F)c1F.c1ccc(-c2ccc(N(c3ccc(-c4ccccc4)cc3)c3ccc(-c4ccc(N(c5ccc(-c6ccccc6)cc5)c5ccc(-c6ccccc6)cc5)cc4)cc3)cc2)cc1. The smallest absolute Gasteiger partial charge is 0.262 e. The van der Waals surface area contributed by atoms with Crippen LogP contribution in [0.1, 0.15) is 27.8 Å². The number of benzene rings is 13. The second-order valence-corrected chi connectivity index (χ2v) is 24.3. The molecule has 0 bridgehead atoms. The first kappa shape index (κ1) is 73.1. The molecule has 0 amide bonds. The lowest BCUT2D eigenvalue weighted by molar-refractivity contribution is 0.446. The average Bonchev–Trinajstić information content (AvgIpc) is 1.54. The van der Waals surface area contributed by atoms with Gasteiger partial charge in [-0.25, -0.2) is 62.4 Å². The standard InChI is InChI=1S/C60H44N2.C30F12N6/c1-5-13-45(14-6-1)49-21-33-55(34-22-49)61(56-35-23-50(24-36-56)46-15-7-2-8-16-46)59-41-29-53(30-42-59)54-31-43-60(44-32-54)62(57-37-25-51(26-38-57)47-17-9-3-10-18-47)58-39-27-52(28-40-58)48-19-11-4-12-20-48;1-47-29(16-25(39)19(33)10(6-46)20(34)26(16)40)15-11(7(3-43)13-21(35)17(31)9(5-45)18(32)22(13)36)12(15)8(4-44)14-23(37)27(41)30(48-2)28(42)24(14)38/h1-44H;. The summed E-state index contributed by atoms with van der Waals surface area (Å²) in [7, 11) is 0. The molecule has 13 aromatic carbocycles. The van der Waals surface area contributed by atoms with Gasteiger partial charge in [0.1, 0.15) is 35.4 Å². The lowest BCUT2D eigenvalue weighted by Crippen LogP contribution is -2.10. The molecule has 1 aliphatic rings. The Morgan fingerprint density at radius 2 is 0.464 bits per heavy atom. The molecule has 0 spiro atoms. The number of rotatable bonds is 14. The molecule has 14 rings (SSSR count). The highest BCUT2D eigenvalue weighted by Gasteiger charge is 2.46. The van der Waals surface area contributed by atoms with E-state index in [1.807, 2.05) is 0 Å². The molecule has 0 radical (unpaired) electrons. The molecule has 0 unspecified atom stereocenters. The van der Waals surface area contributed by atoms with Crippen LogP contribution in [0.2, 0.25) is 0 Å². The first-order valence-corrected chi connectivity index (χ1v) is 33.0. The van der Waals surface area contributed by atoms with Crippen LogP contribution in [0.15, 0.2) is 284 Å². The minimum absolute atomic E-state index is 0.771. The number of anilines is 6. The van der Waals surface area contributed by atoms with E-state index in [0.29, 0.717) is 0 Å². The van der Waals surface area contributed by atoms with Gasteiger partial charge in [0.25, 0.3) is 5.69 Å². The summed E-state index contributed by atoms with van der Waals surface area (Å²) in [6.07, 6.45) is 0. The van der Waals surface area contributed by atoms with Crippen molar-refractivity contribution in [2.75, 3.05) is 9.80 Å². The van der Waals surface area contributed by atoms with Gasteiger partial charge in [-0.1, -0.05) is 194 Å². The van der Waals surface area contributed by atoms with Gasteiger partial charge in [0.2, 0.25) is 5.70 Å². The monoisotopic (exact) mass is 1460 g/mol. The Bertz CT molecular complexity index is 5430. The fraction of sp³-hybridized carbons (Fsp3) is 0. The number of halogens is 12. The average molecular weight is 1470 g/mol. The Kier molecular flexibility index (Phi) is 20.8. The van der Waals surface area contributed by atoms with E-state index in [1.165, 1.54) is 44.5 Å². The van der Waals surface area contributed by atoms with Crippen molar-refractivity contribution in [3.63, 3.8) is 0 Å². The zero-order chi connectivity index (χ0) is 77.6. The number of hydrogen-bond acceptors (Lipinski definition) is 6. The fourth-order valence-electron chi connectivity index (χ4n) is 12.7. The van der Waals surface area contributed by atoms with Crippen molar-refractivity contribution in [2.45, 2.75) is 0 Å². The summed E-state index contributed by atoms with van der Waals surface area (Å²) >= 11 is 0. The van der Waals surface area contributed by atoms with Gasteiger partial charge < -0.3 is 9.80 Å². The summed E-state index contributed by atoms with van der Waals surface area (Å²) < 4.78 is 177. The molecule has 20 heteroatoms. The van der Waals surface area contributed by atoms with Crippen LogP contribution >= 0.6 is 0 Å². The third kappa shape index (κ3) is 13.7. The van der Waals surface area contributed by atoms with Crippen molar-refractivity contribution in [2.24, 2.45) is 0 Å². The third-order valence-electron chi connectivity index (χ3n) is 18.1. The number of allylic oxidation sites excluding steroid dienone is 5. The maximum Gasteiger partial charge on any atom is 0.262 e. The van der Waals surface area contributed by atoms with Crippen LogP contribution in [0.4, 0.5) is 92.5 Å². The Morgan fingerprint density at radius 3 is 0.664 bits per heavy atom. The van der Waals surface area contributed by atoms with E-state index in [1.54, 1.807) is 0 Å². The number of hydrogen-bond donors (Lipinski definition) is 0. The third-order valence-corrected chi connectivity index (χ3v) is 18.1. The molecule has 110 heavy (non-hydrogen) atoms. The maximum atomic E-state index is 15.0. The highest BCUT2D eigenvalue weighted by molar-refractivity contribution is 6.11. The van der Waals surface area contributed by atoms with Crippen molar-refractivity contribution in [1.82, 2.24) is 0 Å². The van der Waals surface area contributed by atoms with Gasteiger partial charge in [0.05, 0.1) is 41.0 Å². The lowest BCUT2D eigenvalue weighted by Gasteiger charge is -2.27. The molecule has 0 heterocycles. The minimum Gasteiger partial charge on any atom is -0.311 e. The van der Waals surface area contributed by atoms with Crippen LogP contribution in [0, 0.1) is 128 Å². The molecule has 0 aliphatic heterocycles. The Hall–Kier alpha value is -15.2. The molecular formula is C90H44F12N8. The predicted octanol–water partition coefficient (Wildman–Crippen LogP) is 25.2. The van der Waals surface area contributed by atoms with Gasteiger partial charge in [-0.05, 0) is 145 Å². The van der Waals surface area contributed by atoms with Crippen LogP contribution < -0.4 is 9.80 Å². The van der Waals surface area contributed by atoms with E-state index < -0.39 is 137 Å². The van der Waals surface area contributed by atoms with Crippen molar-refractivity contribution in [3.05, 3.63) is 404 Å². The Morgan fingerprint density at radius 1 is 0.255 bits per heavy atom. The molecule has 0 aromatic heterocycles. The van der Waals surface area contributed by atoms with Crippen LogP contribution in [-0.2, 0) is 0 Å². The molecule has 1 aliphatic carbocycles. The molecule has 0 saturated heterocycles. The second kappa shape index (κ2) is 31.2. The van der Waals surface area contributed by atoms with Crippen LogP contribution in [-0.4, -0.2) is 0 Å². The largest absolute Gasteiger partial charge is 0.311 e. The molecule has 13 aromatic rings. The van der Waals surface area contributed by atoms with Crippen molar-refractivity contribution in [3.8, 4) is 79.9 Å². The topological polar surface area (TPSA) is 110 Å². The summed E-state index contributed by atoms with van der Waals surface area (Å²) in [6.45, 7) is 14.1. The molecular weight excluding hydrogens is 1420 g/mol. The maximum absolute atomic E-state index is 15.0. The highest BCUT2D eigenvalue weighted by atomic mass is 19.2. The van der Waals surface area contributed by atoms with E-state index in [-0.39, 0.29) is 0 Å². The van der Waals surface area contributed by atoms with Crippen LogP contribution in [0.25, 0.3) is 82.2 Å². The quantitative estimate of drug-likeness (QED) is 0.0464. The first-order chi connectivity index (χ1) is 53.4. The summed E-state index contributed by atoms with van der Waals surface area (Å²) in [5, 5.41) is 37.3. The minimum atomic E-state index is -2.52. The Balaban J connectivity index is 0.000000201. The Labute approximate surface area is 621 Å². The predicted molar refractivity (Wildman–Crippen MR) is 396 cm³/mol. The summed E-state index contributed by atoms with van der Waals surface area (Å²) in [6, 6.07) is 99.0. The summed E-state index contributed by atoms with van der Waals surface area (Å²) in [5.74, 6) is -29.7. The fourth-order valence-corrected chi connectivity index (χ4v) is 12.7. The van der Waals surface area contributed by atoms with Gasteiger partial charge in [0, 0.05) is 34.1 Å². The molecule has 528 valence electrons. The van der Waals surface area contributed by atoms with Crippen LogP contribution in [0.5, 0.6) is 0 Å².